The van der Waals surface area contributed by atoms with Crippen LogP contribution in [0.5, 0.6) is 0 Å². The van der Waals surface area contributed by atoms with Crippen molar-refractivity contribution < 1.29 is 9.59 Å². The van der Waals surface area contributed by atoms with Crippen LogP contribution in [0.1, 0.15) is 18.1 Å². The van der Waals surface area contributed by atoms with E-state index in [-0.39, 0.29) is 18.4 Å². The molecule has 0 aliphatic carbocycles. The quantitative estimate of drug-likeness (QED) is 0.824. The van der Waals surface area contributed by atoms with E-state index in [9.17, 15) is 9.59 Å². The first-order chi connectivity index (χ1) is 12.8. The van der Waals surface area contributed by atoms with Gasteiger partial charge in [0.2, 0.25) is 5.91 Å². The Hall–Kier alpha value is -2.31. The number of amides is 2. The van der Waals surface area contributed by atoms with Gasteiger partial charge in [0, 0.05) is 10.7 Å². The van der Waals surface area contributed by atoms with Gasteiger partial charge in [0.15, 0.2) is 5.17 Å². The minimum absolute atomic E-state index is 0.0952. The number of aliphatic imine (C=N–C) groups is 1. The SMILES string of the molecule is Cc1ccc(N2C(=O)CN=C2S[C@H](C)C(=O)Nc2cc(Cl)ccc2C)cc1. The molecule has 0 fully saturated rings. The van der Waals surface area contributed by atoms with Gasteiger partial charge in [0.05, 0.1) is 10.9 Å². The molecule has 2 aromatic carbocycles. The molecule has 3 rings (SSSR count). The zero-order valence-corrected chi connectivity index (χ0v) is 16.9. The second kappa shape index (κ2) is 8.15. The van der Waals surface area contributed by atoms with Crippen molar-refractivity contribution in [3.63, 3.8) is 0 Å². The Bertz CT molecular complexity index is 912. The van der Waals surface area contributed by atoms with Crippen molar-refractivity contribution in [3.05, 3.63) is 58.6 Å². The second-order valence-corrected chi connectivity index (χ2v) is 8.12. The lowest BCUT2D eigenvalue weighted by Crippen LogP contribution is -2.33. The fourth-order valence-electron chi connectivity index (χ4n) is 2.60. The molecule has 1 aliphatic rings. The van der Waals surface area contributed by atoms with Crippen LogP contribution >= 0.6 is 23.4 Å². The Morgan fingerprint density at radius 3 is 2.63 bits per heavy atom. The zero-order valence-electron chi connectivity index (χ0n) is 15.3. The summed E-state index contributed by atoms with van der Waals surface area (Å²) in [7, 11) is 0. The standard InChI is InChI=1S/C20H20ClN3O2S/c1-12-4-8-16(9-5-12)24-18(25)11-22-20(24)27-14(3)19(26)23-17-10-15(21)7-6-13(17)2/h4-10,14H,11H2,1-3H3,(H,23,26)/t14-/m1/s1. The van der Waals surface area contributed by atoms with Crippen LogP contribution in [-0.2, 0) is 9.59 Å². The molecule has 2 amide bonds. The molecule has 1 N–H and O–H groups in total. The first kappa shape index (κ1) is 19.5. The van der Waals surface area contributed by atoms with Gasteiger partial charge in [-0.3, -0.25) is 19.5 Å². The van der Waals surface area contributed by atoms with E-state index < -0.39 is 5.25 Å². The van der Waals surface area contributed by atoms with Gasteiger partial charge in [-0.15, -0.1) is 0 Å². The Balaban J connectivity index is 1.71. The molecule has 0 aromatic heterocycles. The largest absolute Gasteiger partial charge is 0.325 e. The minimum Gasteiger partial charge on any atom is -0.325 e. The molecule has 0 spiro atoms. The van der Waals surface area contributed by atoms with Gasteiger partial charge in [0.1, 0.15) is 6.54 Å². The van der Waals surface area contributed by atoms with Crippen LogP contribution in [0.25, 0.3) is 0 Å². The monoisotopic (exact) mass is 401 g/mol. The molecule has 1 aliphatic heterocycles. The van der Waals surface area contributed by atoms with E-state index >= 15 is 0 Å². The van der Waals surface area contributed by atoms with E-state index in [0.29, 0.717) is 15.9 Å². The number of hydrogen-bond acceptors (Lipinski definition) is 4. The molecule has 1 heterocycles. The molecule has 5 nitrogen and oxygen atoms in total. The van der Waals surface area contributed by atoms with E-state index in [2.05, 4.69) is 10.3 Å². The first-order valence-electron chi connectivity index (χ1n) is 8.53. The number of amidine groups is 1. The minimum atomic E-state index is -0.430. The van der Waals surface area contributed by atoms with Gasteiger partial charge in [-0.05, 0) is 50.6 Å². The highest BCUT2D eigenvalue weighted by Crippen LogP contribution is 2.28. The number of aryl methyl sites for hydroxylation is 2. The maximum absolute atomic E-state index is 12.6. The molecule has 0 bridgehead atoms. The van der Waals surface area contributed by atoms with Gasteiger partial charge in [-0.25, -0.2) is 0 Å². The lowest BCUT2D eigenvalue weighted by molar-refractivity contribution is -0.116. The summed E-state index contributed by atoms with van der Waals surface area (Å²) in [4.78, 5) is 30.8. The zero-order chi connectivity index (χ0) is 19.6. The van der Waals surface area contributed by atoms with Crippen LogP contribution in [0.3, 0.4) is 0 Å². The van der Waals surface area contributed by atoms with Crippen molar-refractivity contribution in [2.75, 3.05) is 16.8 Å². The maximum Gasteiger partial charge on any atom is 0.254 e. The van der Waals surface area contributed by atoms with Crippen molar-refractivity contribution in [2.45, 2.75) is 26.0 Å². The summed E-state index contributed by atoms with van der Waals surface area (Å²) in [6.07, 6.45) is 0. The summed E-state index contributed by atoms with van der Waals surface area (Å²) >= 11 is 7.28. The Labute approximate surface area is 167 Å². The predicted molar refractivity (Wildman–Crippen MR) is 113 cm³/mol. The number of nitrogens with zero attached hydrogens (tertiary/aromatic N) is 2. The summed E-state index contributed by atoms with van der Waals surface area (Å²) in [5.74, 6) is -0.268. The first-order valence-corrected chi connectivity index (χ1v) is 9.78. The number of benzene rings is 2. The number of anilines is 2. The average molecular weight is 402 g/mol. The van der Waals surface area contributed by atoms with Gasteiger partial charge < -0.3 is 5.32 Å². The molecular formula is C20H20ClN3O2S. The van der Waals surface area contributed by atoms with Crippen LogP contribution in [0, 0.1) is 13.8 Å². The maximum atomic E-state index is 12.6. The predicted octanol–water partition coefficient (Wildman–Crippen LogP) is 4.42. The van der Waals surface area contributed by atoms with Gasteiger partial charge in [-0.2, -0.15) is 0 Å². The van der Waals surface area contributed by atoms with Gasteiger partial charge in [-0.1, -0.05) is 47.1 Å². The lowest BCUT2D eigenvalue weighted by Gasteiger charge is -2.20. The number of carbonyl (C=O) groups is 2. The number of hydrogen-bond donors (Lipinski definition) is 1. The highest BCUT2D eigenvalue weighted by molar-refractivity contribution is 8.15. The van der Waals surface area contributed by atoms with Crippen LogP contribution in [-0.4, -0.2) is 28.8 Å². The van der Waals surface area contributed by atoms with E-state index in [1.807, 2.05) is 44.2 Å². The average Bonchev–Trinajstić information content (AvgIpc) is 2.99. The van der Waals surface area contributed by atoms with E-state index in [1.54, 1.807) is 24.0 Å². The number of nitrogens with one attached hydrogen (secondary N) is 1. The fraction of sp³-hybridized carbons (Fsp3) is 0.250. The molecule has 2 aromatic rings. The third-order valence-corrected chi connectivity index (χ3v) is 5.52. The molecule has 0 saturated carbocycles. The van der Waals surface area contributed by atoms with E-state index in [0.717, 1.165) is 16.8 Å². The number of halogens is 1. The van der Waals surface area contributed by atoms with Gasteiger partial charge >= 0.3 is 0 Å². The Kier molecular flexibility index (Phi) is 5.87. The molecule has 27 heavy (non-hydrogen) atoms. The normalized spacial score (nSPS) is 14.9. The number of carbonyl (C=O) groups excluding carboxylic acids is 2. The molecule has 1 atom stereocenters. The highest BCUT2D eigenvalue weighted by atomic mass is 35.5. The van der Waals surface area contributed by atoms with Crippen LogP contribution in [0.4, 0.5) is 11.4 Å². The summed E-state index contributed by atoms with van der Waals surface area (Å²) < 4.78 is 0. The highest BCUT2D eigenvalue weighted by Gasteiger charge is 2.30. The Morgan fingerprint density at radius 2 is 1.93 bits per heavy atom. The van der Waals surface area contributed by atoms with Crippen LogP contribution in [0.2, 0.25) is 5.02 Å². The summed E-state index contributed by atoms with van der Waals surface area (Å²) in [6, 6.07) is 13.0. The van der Waals surface area contributed by atoms with Crippen LogP contribution < -0.4 is 10.2 Å². The van der Waals surface area contributed by atoms with E-state index in [4.69, 9.17) is 11.6 Å². The third-order valence-electron chi connectivity index (χ3n) is 4.19. The lowest BCUT2D eigenvalue weighted by atomic mass is 10.2. The number of rotatable bonds is 4. The molecule has 0 saturated heterocycles. The molecule has 0 unspecified atom stereocenters. The second-order valence-electron chi connectivity index (χ2n) is 6.37. The van der Waals surface area contributed by atoms with Crippen LogP contribution in [0.15, 0.2) is 47.5 Å². The molecule has 7 heteroatoms. The van der Waals surface area contributed by atoms with Crippen molar-refractivity contribution in [2.24, 2.45) is 4.99 Å². The summed E-state index contributed by atoms with van der Waals surface area (Å²) in [5.41, 5.74) is 3.48. The summed E-state index contributed by atoms with van der Waals surface area (Å²) in [5, 5.41) is 3.56. The van der Waals surface area contributed by atoms with Crippen molar-refractivity contribution in [3.8, 4) is 0 Å². The topological polar surface area (TPSA) is 61.8 Å². The third kappa shape index (κ3) is 4.51. The summed E-state index contributed by atoms with van der Waals surface area (Å²) in [6.45, 7) is 5.78. The van der Waals surface area contributed by atoms with Gasteiger partial charge in [0.25, 0.3) is 5.91 Å². The Morgan fingerprint density at radius 1 is 1.22 bits per heavy atom. The molecular weight excluding hydrogens is 382 g/mol. The fourth-order valence-corrected chi connectivity index (χ4v) is 3.70. The van der Waals surface area contributed by atoms with Crippen molar-refractivity contribution in [1.29, 1.82) is 0 Å². The van der Waals surface area contributed by atoms with Crippen molar-refractivity contribution in [1.82, 2.24) is 0 Å². The smallest absolute Gasteiger partial charge is 0.254 e. The molecule has 140 valence electrons. The van der Waals surface area contributed by atoms with E-state index in [1.165, 1.54) is 11.8 Å². The van der Waals surface area contributed by atoms with Crippen molar-refractivity contribution >= 4 is 51.7 Å². The molecule has 0 radical (unpaired) electrons. The number of thioether (sulfide) groups is 1.